The van der Waals surface area contributed by atoms with Crippen LogP contribution < -0.4 is 4.74 Å². The van der Waals surface area contributed by atoms with E-state index < -0.39 is 11.9 Å². The summed E-state index contributed by atoms with van der Waals surface area (Å²) >= 11 is 0. The van der Waals surface area contributed by atoms with Crippen molar-refractivity contribution in [2.75, 3.05) is 6.61 Å². The maximum Gasteiger partial charge on any atom is 0.314 e. The first-order valence-electron chi connectivity index (χ1n) is 6.00. The second kappa shape index (κ2) is 5.97. The van der Waals surface area contributed by atoms with E-state index in [1.54, 1.807) is 24.3 Å². The number of aromatic hydroxyl groups is 2. The summed E-state index contributed by atoms with van der Waals surface area (Å²) in [6, 6.07) is 12.0. The van der Waals surface area contributed by atoms with E-state index >= 15 is 0 Å². The van der Waals surface area contributed by atoms with E-state index in [4.69, 9.17) is 9.84 Å². The molecule has 2 aromatic carbocycles. The molecular formula is C15H14O5. The number of hydrogen-bond donors (Lipinski definition) is 3. The molecule has 0 aromatic heterocycles. The third kappa shape index (κ3) is 3.41. The van der Waals surface area contributed by atoms with Crippen molar-refractivity contribution in [2.45, 2.75) is 5.92 Å². The quantitative estimate of drug-likeness (QED) is 0.779. The largest absolute Gasteiger partial charge is 0.508 e. The normalized spacial score (nSPS) is 11.8. The lowest BCUT2D eigenvalue weighted by Gasteiger charge is -2.14. The van der Waals surface area contributed by atoms with Crippen molar-refractivity contribution < 1.29 is 24.9 Å². The molecule has 5 heteroatoms. The molecular weight excluding hydrogens is 260 g/mol. The predicted octanol–water partition coefficient (Wildman–Crippen LogP) is 2.35. The topological polar surface area (TPSA) is 87.0 Å². The molecule has 0 spiro atoms. The summed E-state index contributed by atoms with van der Waals surface area (Å²) in [5.74, 6) is -1.16. The molecule has 0 aliphatic heterocycles. The number of benzene rings is 2. The van der Waals surface area contributed by atoms with Crippen molar-refractivity contribution in [3.05, 3.63) is 54.1 Å². The van der Waals surface area contributed by atoms with Crippen molar-refractivity contribution in [3.63, 3.8) is 0 Å². The molecule has 20 heavy (non-hydrogen) atoms. The van der Waals surface area contributed by atoms with Crippen LogP contribution in [0.25, 0.3) is 0 Å². The molecule has 0 fully saturated rings. The van der Waals surface area contributed by atoms with Crippen LogP contribution in [0.1, 0.15) is 11.5 Å². The summed E-state index contributed by atoms with van der Waals surface area (Å²) in [5, 5.41) is 27.6. The molecule has 0 saturated carbocycles. The molecule has 0 amide bonds. The van der Waals surface area contributed by atoms with Crippen LogP contribution in [-0.4, -0.2) is 27.9 Å². The van der Waals surface area contributed by atoms with Crippen LogP contribution in [0.5, 0.6) is 17.2 Å². The standard InChI is InChI=1S/C15H14O5/c16-11-3-1-10(2-4-11)14(15(18)19)9-20-13-7-5-12(17)6-8-13/h1-8,14,16-17H,9H2,(H,18,19). The Morgan fingerprint density at radius 2 is 1.45 bits per heavy atom. The minimum absolute atomic E-state index is 0.0368. The third-order valence-corrected chi connectivity index (χ3v) is 2.85. The number of aliphatic carboxylic acids is 1. The summed E-state index contributed by atoms with van der Waals surface area (Å²) in [6.45, 7) is -0.0368. The smallest absolute Gasteiger partial charge is 0.314 e. The van der Waals surface area contributed by atoms with E-state index in [-0.39, 0.29) is 18.1 Å². The lowest BCUT2D eigenvalue weighted by molar-refractivity contribution is -0.139. The third-order valence-electron chi connectivity index (χ3n) is 2.85. The summed E-state index contributed by atoms with van der Waals surface area (Å²) in [6.07, 6.45) is 0. The number of carboxylic acids is 1. The monoisotopic (exact) mass is 274 g/mol. The molecule has 1 atom stereocenters. The van der Waals surface area contributed by atoms with Crippen LogP contribution in [0.2, 0.25) is 0 Å². The average Bonchev–Trinajstić information content (AvgIpc) is 2.43. The van der Waals surface area contributed by atoms with Gasteiger partial charge >= 0.3 is 5.97 Å². The van der Waals surface area contributed by atoms with Crippen LogP contribution >= 0.6 is 0 Å². The zero-order chi connectivity index (χ0) is 14.5. The number of carboxylic acid groups (broad SMARTS) is 1. The summed E-state index contributed by atoms with van der Waals surface area (Å²) in [5.41, 5.74) is 0.550. The molecule has 2 aromatic rings. The zero-order valence-electron chi connectivity index (χ0n) is 10.6. The van der Waals surface area contributed by atoms with Crippen LogP contribution in [-0.2, 0) is 4.79 Å². The highest BCUT2D eigenvalue weighted by Crippen LogP contribution is 2.22. The van der Waals surface area contributed by atoms with Gasteiger partial charge < -0.3 is 20.1 Å². The van der Waals surface area contributed by atoms with Gasteiger partial charge in [-0.2, -0.15) is 0 Å². The maximum atomic E-state index is 11.3. The number of hydrogen-bond acceptors (Lipinski definition) is 4. The minimum Gasteiger partial charge on any atom is -0.508 e. The summed E-state index contributed by atoms with van der Waals surface area (Å²) < 4.78 is 5.41. The summed E-state index contributed by atoms with van der Waals surface area (Å²) in [4.78, 5) is 11.3. The SMILES string of the molecule is O=C(O)C(COc1ccc(O)cc1)c1ccc(O)cc1. The highest BCUT2D eigenvalue weighted by Gasteiger charge is 2.20. The predicted molar refractivity (Wildman–Crippen MR) is 72.1 cm³/mol. The van der Waals surface area contributed by atoms with Gasteiger partial charge in [-0.25, -0.2) is 0 Å². The Morgan fingerprint density at radius 1 is 0.950 bits per heavy atom. The lowest BCUT2D eigenvalue weighted by atomic mass is 10.0. The highest BCUT2D eigenvalue weighted by molar-refractivity contribution is 5.76. The number of carbonyl (C=O) groups is 1. The molecule has 0 heterocycles. The van der Waals surface area contributed by atoms with E-state index in [9.17, 15) is 15.0 Å². The molecule has 3 N–H and O–H groups in total. The Labute approximate surface area is 115 Å². The van der Waals surface area contributed by atoms with Gasteiger partial charge in [0.05, 0.1) is 0 Å². The van der Waals surface area contributed by atoms with Crippen molar-refractivity contribution in [3.8, 4) is 17.2 Å². The molecule has 5 nitrogen and oxygen atoms in total. The number of rotatable bonds is 5. The molecule has 0 saturated heterocycles. The molecule has 104 valence electrons. The summed E-state index contributed by atoms with van der Waals surface area (Å²) in [7, 11) is 0. The first-order chi connectivity index (χ1) is 9.56. The highest BCUT2D eigenvalue weighted by atomic mass is 16.5. The average molecular weight is 274 g/mol. The van der Waals surface area contributed by atoms with Crippen LogP contribution in [0.4, 0.5) is 0 Å². The van der Waals surface area contributed by atoms with Gasteiger partial charge in [0.25, 0.3) is 0 Å². The number of phenolic OH excluding ortho intramolecular Hbond substituents is 2. The minimum atomic E-state index is -1.01. The fourth-order valence-corrected chi connectivity index (χ4v) is 1.74. The van der Waals surface area contributed by atoms with E-state index in [1.807, 2.05) is 0 Å². The number of ether oxygens (including phenoxy) is 1. The molecule has 0 bridgehead atoms. The Balaban J connectivity index is 2.08. The first-order valence-corrected chi connectivity index (χ1v) is 6.00. The Morgan fingerprint density at radius 3 is 1.95 bits per heavy atom. The number of phenols is 2. The van der Waals surface area contributed by atoms with Gasteiger partial charge in [-0.3, -0.25) is 4.79 Å². The molecule has 1 unspecified atom stereocenters. The molecule has 0 radical (unpaired) electrons. The van der Waals surface area contributed by atoms with E-state index in [0.717, 1.165) is 0 Å². The van der Waals surface area contributed by atoms with Crippen molar-refractivity contribution >= 4 is 5.97 Å². The lowest BCUT2D eigenvalue weighted by Crippen LogP contribution is -2.19. The molecule has 0 aliphatic rings. The van der Waals surface area contributed by atoms with Gasteiger partial charge in [-0.15, -0.1) is 0 Å². The molecule has 2 rings (SSSR count). The van der Waals surface area contributed by atoms with Crippen molar-refractivity contribution in [1.82, 2.24) is 0 Å². The fourth-order valence-electron chi connectivity index (χ4n) is 1.74. The van der Waals surface area contributed by atoms with Gasteiger partial charge in [0.15, 0.2) is 0 Å². The zero-order valence-corrected chi connectivity index (χ0v) is 10.6. The second-order valence-corrected chi connectivity index (χ2v) is 4.29. The first kappa shape index (κ1) is 13.7. The van der Waals surface area contributed by atoms with E-state index in [0.29, 0.717) is 11.3 Å². The maximum absolute atomic E-state index is 11.3. The van der Waals surface area contributed by atoms with Gasteiger partial charge in [0.1, 0.15) is 29.8 Å². The Bertz CT molecular complexity index is 574. The van der Waals surface area contributed by atoms with Gasteiger partial charge in [0, 0.05) is 0 Å². The van der Waals surface area contributed by atoms with E-state index in [2.05, 4.69) is 0 Å². The van der Waals surface area contributed by atoms with E-state index in [1.165, 1.54) is 24.3 Å². The molecule has 0 aliphatic carbocycles. The van der Waals surface area contributed by atoms with Crippen molar-refractivity contribution in [1.29, 1.82) is 0 Å². The Hall–Kier alpha value is -2.69. The van der Waals surface area contributed by atoms with Crippen molar-refractivity contribution in [2.24, 2.45) is 0 Å². The second-order valence-electron chi connectivity index (χ2n) is 4.29. The van der Waals surface area contributed by atoms with Gasteiger partial charge in [-0.05, 0) is 42.0 Å². The van der Waals surface area contributed by atoms with Crippen LogP contribution in [0, 0.1) is 0 Å². The van der Waals surface area contributed by atoms with Crippen LogP contribution in [0.3, 0.4) is 0 Å². The Kier molecular flexibility index (Phi) is 4.10. The van der Waals surface area contributed by atoms with Gasteiger partial charge in [0.2, 0.25) is 0 Å². The van der Waals surface area contributed by atoms with Crippen LogP contribution in [0.15, 0.2) is 48.5 Å². The van der Waals surface area contributed by atoms with Gasteiger partial charge in [-0.1, -0.05) is 12.1 Å². The fraction of sp³-hybridized carbons (Fsp3) is 0.133.